The Bertz CT molecular complexity index is 623. The lowest BCUT2D eigenvalue weighted by molar-refractivity contribution is -0.117. The van der Waals surface area contributed by atoms with Gasteiger partial charge in [-0.3, -0.25) is 14.5 Å². The summed E-state index contributed by atoms with van der Waals surface area (Å²) in [6.07, 6.45) is 0. The first kappa shape index (κ1) is 15.4. The molecule has 1 amide bonds. The molecule has 0 aliphatic heterocycles. The van der Waals surface area contributed by atoms with E-state index in [0.29, 0.717) is 17.8 Å². The Kier molecular flexibility index (Phi) is 5.25. The van der Waals surface area contributed by atoms with Crippen LogP contribution in [-0.4, -0.2) is 30.2 Å². The summed E-state index contributed by atoms with van der Waals surface area (Å²) >= 11 is 1.65. The van der Waals surface area contributed by atoms with E-state index in [9.17, 15) is 9.59 Å². The van der Waals surface area contributed by atoms with Crippen LogP contribution in [0.2, 0.25) is 0 Å². The number of benzene rings is 1. The molecular weight excluding hydrogens is 284 g/mol. The quantitative estimate of drug-likeness (QED) is 0.835. The van der Waals surface area contributed by atoms with Gasteiger partial charge in [0.1, 0.15) is 0 Å². The van der Waals surface area contributed by atoms with E-state index in [1.165, 1.54) is 12.5 Å². The lowest BCUT2D eigenvalue weighted by Crippen LogP contribution is -2.29. The van der Waals surface area contributed by atoms with Crippen LogP contribution in [0.15, 0.2) is 41.1 Å². The van der Waals surface area contributed by atoms with E-state index in [1.807, 2.05) is 17.3 Å². The second kappa shape index (κ2) is 7.15. The average molecular weight is 302 g/mol. The van der Waals surface area contributed by atoms with Gasteiger partial charge in [0.2, 0.25) is 5.91 Å². The fraction of sp³-hybridized carbons (Fsp3) is 0.250. The summed E-state index contributed by atoms with van der Waals surface area (Å²) in [5, 5.41) is 6.92. The number of nitrogens with one attached hydrogen (secondary N) is 1. The van der Waals surface area contributed by atoms with E-state index in [-0.39, 0.29) is 11.7 Å². The van der Waals surface area contributed by atoms with Crippen LogP contribution in [0.1, 0.15) is 22.8 Å². The first-order chi connectivity index (χ1) is 10.0. The number of hydrogen-bond donors (Lipinski definition) is 1. The molecule has 2 aromatic rings. The molecule has 0 spiro atoms. The SMILES string of the molecule is CC(=O)c1cccc(NC(=O)CN(C)Cc2ccsc2)c1. The maximum absolute atomic E-state index is 12.0. The van der Waals surface area contributed by atoms with Crippen LogP contribution in [0.25, 0.3) is 0 Å². The summed E-state index contributed by atoms with van der Waals surface area (Å²) in [4.78, 5) is 25.3. The van der Waals surface area contributed by atoms with Crippen molar-refractivity contribution in [1.82, 2.24) is 4.90 Å². The standard InChI is InChI=1S/C16H18N2O2S/c1-12(19)14-4-3-5-15(8-14)17-16(20)10-18(2)9-13-6-7-21-11-13/h3-8,11H,9-10H2,1-2H3,(H,17,20). The lowest BCUT2D eigenvalue weighted by atomic mass is 10.1. The fourth-order valence-corrected chi connectivity index (χ4v) is 2.67. The predicted octanol–water partition coefficient (Wildman–Crippen LogP) is 3.02. The average Bonchev–Trinajstić information content (AvgIpc) is 2.91. The summed E-state index contributed by atoms with van der Waals surface area (Å²) in [6.45, 7) is 2.56. The molecule has 0 atom stereocenters. The predicted molar refractivity (Wildman–Crippen MR) is 85.7 cm³/mol. The minimum absolute atomic E-state index is 0.0133. The number of amides is 1. The van der Waals surface area contributed by atoms with Gasteiger partial charge in [0.15, 0.2) is 5.78 Å². The molecule has 0 saturated heterocycles. The zero-order valence-electron chi connectivity index (χ0n) is 12.1. The van der Waals surface area contributed by atoms with E-state index in [1.54, 1.807) is 35.6 Å². The molecule has 0 unspecified atom stereocenters. The summed E-state index contributed by atoms with van der Waals surface area (Å²) in [5.41, 5.74) is 2.45. The van der Waals surface area contributed by atoms with Crippen molar-refractivity contribution < 1.29 is 9.59 Å². The molecule has 4 nitrogen and oxygen atoms in total. The summed E-state index contributed by atoms with van der Waals surface area (Å²) < 4.78 is 0. The number of thiophene rings is 1. The molecular formula is C16H18N2O2S. The highest BCUT2D eigenvalue weighted by Crippen LogP contribution is 2.12. The van der Waals surface area contributed by atoms with Crippen molar-refractivity contribution in [1.29, 1.82) is 0 Å². The number of rotatable bonds is 6. The Morgan fingerprint density at radius 2 is 2.10 bits per heavy atom. The van der Waals surface area contributed by atoms with Gasteiger partial charge < -0.3 is 5.32 Å². The number of nitrogens with zero attached hydrogens (tertiary/aromatic N) is 1. The van der Waals surface area contributed by atoms with Crippen molar-refractivity contribution >= 4 is 28.7 Å². The number of Topliss-reactive ketones (excluding diaryl/α,β-unsaturated/α-hetero) is 1. The molecule has 21 heavy (non-hydrogen) atoms. The van der Waals surface area contributed by atoms with E-state index in [0.717, 1.165) is 6.54 Å². The van der Waals surface area contributed by atoms with Crippen molar-refractivity contribution in [3.8, 4) is 0 Å². The molecule has 1 heterocycles. The Balaban J connectivity index is 1.89. The zero-order valence-corrected chi connectivity index (χ0v) is 12.9. The van der Waals surface area contributed by atoms with E-state index in [4.69, 9.17) is 0 Å². The molecule has 110 valence electrons. The van der Waals surface area contributed by atoms with Crippen LogP contribution in [0.4, 0.5) is 5.69 Å². The van der Waals surface area contributed by atoms with Crippen LogP contribution in [0.5, 0.6) is 0 Å². The van der Waals surface area contributed by atoms with Crippen molar-refractivity contribution in [3.05, 3.63) is 52.2 Å². The van der Waals surface area contributed by atoms with Crippen LogP contribution in [-0.2, 0) is 11.3 Å². The summed E-state index contributed by atoms with van der Waals surface area (Å²) in [5.74, 6) is -0.103. The van der Waals surface area contributed by atoms with E-state index in [2.05, 4.69) is 16.8 Å². The topological polar surface area (TPSA) is 49.4 Å². The number of anilines is 1. The number of carbonyl (C=O) groups excluding carboxylic acids is 2. The first-order valence-electron chi connectivity index (χ1n) is 6.65. The normalized spacial score (nSPS) is 10.6. The van der Waals surface area contributed by atoms with Gasteiger partial charge in [0.05, 0.1) is 6.54 Å². The van der Waals surface area contributed by atoms with Gasteiger partial charge in [-0.05, 0) is 48.5 Å². The maximum Gasteiger partial charge on any atom is 0.238 e. The van der Waals surface area contributed by atoms with Crippen molar-refractivity contribution in [2.75, 3.05) is 18.9 Å². The largest absolute Gasteiger partial charge is 0.325 e. The number of hydrogen-bond acceptors (Lipinski definition) is 4. The van der Waals surface area contributed by atoms with Gasteiger partial charge in [-0.1, -0.05) is 12.1 Å². The summed E-state index contributed by atoms with van der Waals surface area (Å²) in [7, 11) is 1.91. The smallest absolute Gasteiger partial charge is 0.238 e. The van der Waals surface area contributed by atoms with Crippen LogP contribution >= 0.6 is 11.3 Å². The van der Waals surface area contributed by atoms with E-state index < -0.39 is 0 Å². The van der Waals surface area contributed by atoms with E-state index >= 15 is 0 Å². The molecule has 0 radical (unpaired) electrons. The van der Waals surface area contributed by atoms with Gasteiger partial charge in [-0.25, -0.2) is 0 Å². The van der Waals surface area contributed by atoms with Gasteiger partial charge in [0.25, 0.3) is 0 Å². The van der Waals surface area contributed by atoms with Crippen molar-refractivity contribution in [2.45, 2.75) is 13.5 Å². The third-order valence-electron chi connectivity index (χ3n) is 3.00. The highest BCUT2D eigenvalue weighted by Gasteiger charge is 2.08. The molecule has 2 rings (SSSR count). The second-order valence-electron chi connectivity index (χ2n) is 4.99. The second-order valence-corrected chi connectivity index (χ2v) is 5.77. The third kappa shape index (κ3) is 4.81. The monoisotopic (exact) mass is 302 g/mol. The Morgan fingerprint density at radius 3 is 2.76 bits per heavy atom. The summed E-state index contributed by atoms with van der Waals surface area (Å²) in [6, 6.07) is 9.03. The molecule has 0 bridgehead atoms. The van der Waals surface area contributed by atoms with Gasteiger partial charge >= 0.3 is 0 Å². The van der Waals surface area contributed by atoms with Crippen molar-refractivity contribution in [3.63, 3.8) is 0 Å². The molecule has 0 fully saturated rings. The van der Waals surface area contributed by atoms with Gasteiger partial charge in [-0.15, -0.1) is 0 Å². The van der Waals surface area contributed by atoms with Crippen LogP contribution in [0.3, 0.4) is 0 Å². The zero-order chi connectivity index (χ0) is 15.2. The van der Waals surface area contributed by atoms with Crippen LogP contribution < -0.4 is 5.32 Å². The third-order valence-corrected chi connectivity index (χ3v) is 3.73. The first-order valence-corrected chi connectivity index (χ1v) is 7.59. The minimum Gasteiger partial charge on any atom is -0.325 e. The minimum atomic E-state index is -0.0894. The van der Waals surface area contributed by atoms with Gasteiger partial charge in [-0.2, -0.15) is 11.3 Å². The molecule has 1 aromatic carbocycles. The molecule has 0 aliphatic rings. The van der Waals surface area contributed by atoms with Crippen molar-refractivity contribution in [2.24, 2.45) is 0 Å². The Labute approximate surface area is 128 Å². The highest BCUT2D eigenvalue weighted by molar-refractivity contribution is 7.07. The molecule has 0 saturated carbocycles. The number of likely N-dealkylation sites (N-methyl/N-ethyl adjacent to an activating group) is 1. The molecule has 1 aromatic heterocycles. The molecule has 0 aliphatic carbocycles. The highest BCUT2D eigenvalue weighted by atomic mass is 32.1. The lowest BCUT2D eigenvalue weighted by Gasteiger charge is -2.15. The Morgan fingerprint density at radius 1 is 1.29 bits per heavy atom. The Hall–Kier alpha value is -1.98. The fourth-order valence-electron chi connectivity index (χ4n) is 2.01. The number of carbonyl (C=O) groups is 2. The number of ketones is 1. The van der Waals surface area contributed by atoms with Crippen LogP contribution in [0, 0.1) is 0 Å². The molecule has 1 N–H and O–H groups in total. The van der Waals surface area contributed by atoms with Gasteiger partial charge in [0, 0.05) is 17.8 Å². The maximum atomic E-state index is 12.0. The molecule has 5 heteroatoms.